The van der Waals surface area contributed by atoms with E-state index in [-0.39, 0.29) is 0 Å². The first kappa shape index (κ1) is 7.55. The highest BCUT2D eigenvalue weighted by Gasteiger charge is 2.19. The predicted molar refractivity (Wildman–Crippen MR) is 46.1 cm³/mol. The van der Waals surface area contributed by atoms with Gasteiger partial charge >= 0.3 is 0 Å². The fraction of sp³-hybridized carbons (Fsp3) is 0.444. The van der Waals surface area contributed by atoms with Crippen molar-refractivity contribution in [3.63, 3.8) is 0 Å². The number of ether oxygens (including phenoxy) is 1. The molecule has 1 aromatic rings. The first-order chi connectivity index (χ1) is 5.90. The first-order valence-corrected chi connectivity index (χ1v) is 4.13. The molecule has 0 spiro atoms. The predicted octanol–water partition coefficient (Wildman–Crippen LogP) is 1.12. The monoisotopic (exact) mass is 164 g/mol. The van der Waals surface area contributed by atoms with Crippen LogP contribution < -0.4 is 10.1 Å². The van der Waals surface area contributed by atoms with E-state index in [1.165, 1.54) is 6.42 Å². The van der Waals surface area contributed by atoms with Crippen molar-refractivity contribution in [3.05, 3.63) is 24.0 Å². The van der Waals surface area contributed by atoms with E-state index in [9.17, 15) is 0 Å². The van der Waals surface area contributed by atoms with Crippen LogP contribution in [0, 0.1) is 0 Å². The molecule has 2 heterocycles. The van der Waals surface area contributed by atoms with Gasteiger partial charge in [0.2, 0.25) is 0 Å². The molecule has 0 aliphatic carbocycles. The molecule has 1 aliphatic rings. The van der Waals surface area contributed by atoms with Crippen molar-refractivity contribution in [2.24, 2.45) is 0 Å². The molecule has 1 aromatic heterocycles. The van der Waals surface area contributed by atoms with Gasteiger partial charge in [-0.15, -0.1) is 0 Å². The summed E-state index contributed by atoms with van der Waals surface area (Å²) in [6.45, 7) is 1.10. The number of nitrogens with one attached hydrogen (secondary N) is 1. The summed E-state index contributed by atoms with van der Waals surface area (Å²) < 4.78 is 5.11. The number of pyridine rings is 1. The highest BCUT2D eigenvalue weighted by atomic mass is 16.5. The topological polar surface area (TPSA) is 34.1 Å². The van der Waals surface area contributed by atoms with Gasteiger partial charge in [0.05, 0.1) is 18.8 Å². The number of rotatable bonds is 2. The summed E-state index contributed by atoms with van der Waals surface area (Å²) in [4.78, 5) is 4.27. The molecule has 0 amide bonds. The molecule has 3 heteroatoms. The Morgan fingerprint density at radius 3 is 3.08 bits per heavy atom. The second-order valence-electron chi connectivity index (χ2n) is 2.92. The van der Waals surface area contributed by atoms with Gasteiger partial charge in [0.15, 0.2) is 0 Å². The fourth-order valence-corrected chi connectivity index (χ4v) is 1.29. The van der Waals surface area contributed by atoms with Crippen molar-refractivity contribution in [1.82, 2.24) is 10.3 Å². The Morgan fingerprint density at radius 2 is 2.50 bits per heavy atom. The minimum atomic E-state index is 0.445. The molecule has 1 saturated heterocycles. The Balaban J connectivity index is 2.19. The van der Waals surface area contributed by atoms with E-state index in [2.05, 4.69) is 10.3 Å². The highest BCUT2D eigenvalue weighted by Crippen LogP contribution is 2.23. The van der Waals surface area contributed by atoms with E-state index < -0.39 is 0 Å². The van der Waals surface area contributed by atoms with Crippen molar-refractivity contribution in [3.8, 4) is 5.75 Å². The summed E-state index contributed by atoms with van der Waals surface area (Å²) in [5, 5.41) is 3.30. The van der Waals surface area contributed by atoms with Crippen LogP contribution >= 0.6 is 0 Å². The largest absolute Gasteiger partial charge is 0.497 e. The Morgan fingerprint density at radius 1 is 1.67 bits per heavy atom. The average molecular weight is 164 g/mol. The maximum Gasteiger partial charge on any atom is 0.122 e. The van der Waals surface area contributed by atoms with Crippen LogP contribution in [-0.2, 0) is 0 Å². The van der Waals surface area contributed by atoms with E-state index in [0.29, 0.717) is 6.04 Å². The first-order valence-electron chi connectivity index (χ1n) is 4.13. The van der Waals surface area contributed by atoms with Gasteiger partial charge in [0, 0.05) is 12.3 Å². The molecule has 1 N–H and O–H groups in total. The lowest BCUT2D eigenvalue weighted by atomic mass is 10.0. The van der Waals surface area contributed by atoms with Gasteiger partial charge in [-0.05, 0) is 19.0 Å². The average Bonchev–Trinajstić information content (AvgIpc) is 2.02. The molecular weight excluding hydrogens is 152 g/mol. The van der Waals surface area contributed by atoms with Gasteiger partial charge in [0.25, 0.3) is 0 Å². The molecule has 64 valence electrons. The Labute approximate surface area is 71.8 Å². The van der Waals surface area contributed by atoms with Crippen LogP contribution in [0.2, 0.25) is 0 Å². The van der Waals surface area contributed by atoms with Gasteiger partial charge in [-0.25, -0.2) is 0 Å². The van der Waals surface area contributed by atoms with Crippen LogP contribution in [0.3, 0.4) is 0 Å². The van der Waals surface area contributed by atoms with Crippen molar-refractivity contribution < 1.29 is 4.74 Å². The number of methoxy groups -OCH3 is 1. The third-order valence-corrected chi connectivity index (χ3v) is 2.17. The van der Waals surface area contributed by atoms with Gasteiger partial charge in [-0.1, -0.05) is 0 Å². The van der Waals surface area contributed by atoms with E-state index in [1.807, 2.05) is 12.1 Å². The summed E-state index contributed by atoms with van der Waals surface area (Å²) in [5.74, 6) is 0.883. The number of hydrogen-bond donors (Lipinski definition) is 1. The van der Waals surface area contributed by atoms with E-state index in [4.69, 9.17) is 4.74 Å². The second-order valence-corrected chi connectivity index (χ2v) is 2.92. The Hall–Kier alpha value is -1.09. The molecule has 12 heavy (non-hydrogen) atoms. The number of nitrogens with zero attached hydrogens (tertiary/aromatic N) is 1. The van der Waals surface area contributed by atoms with Gasteiger partial charge < -0.3 is 10.1 Å². The summed E-state index contributed by atoms with van der Waals surface area (Å²) in [6, 6.07) is 4.29. The van der Waals surface area contributed by atoms with Crippen molar-refractivity contribution in [2.75, 3.05) is 13.7 Å². The molecule has 1 aliphatic heterocycles. The lowest BCUT2D eigenvalue weighted by Gasteiger charge is -2.26. The van der Waals surface area contributed by atoms with Crippen LogP contribution in [0.25, 0.3) is 0 Å². The Bertz CT molecular complexity index is 271. The molecule has 0 saturated carbocycles. The third kappa shape index (κ3) is 1.28. The molecule has 0 radical (unpaired) electrons. The summed E-state index contributed by atoms with van der Waals surface area (Å²) in [5.41, 5.74) is 1.08. The molecule has 1 atom stereocenters. The molecule has 1 unspecified atom stereocenters. The van der Waals surface area contributed by atoms with Gasteiger partial charge in [-0.3, -0.25) is 4.98 Å². The van der Waals surface area contributed by atoms with Crippen LogP contribution in [0.15, 0.2) is 18.3 Å². The molecule has 0 bridgehead atoms. The maximum absolute atomic E-state index is 5.11. The smallest absolute Gasteiger partial charge is 0.122 e. The minimum absolute atomic E-state index is 0.445. The van der Waals surface area contributed by atoms with Gasteiger partial charge in [0.1, 0.15) is 5.75 Å². The van der Waals surface area contributed by atoms with Crippen molar-refractivity contribution in [2.45, 2.75) is 12.5 Å². The summed E-state index contributed by atoms with van der Waals surface area (Å²) in [6.07, 6.45) is 2.97. The van der Waals surface area contributed by atoms with E-state index in [1.54, 1.807) is 13.3 Å². The standard InChI is InChI=1S/C9H12N2O/c1-12-7-2-4-11-9(6-7)8-3-5-10-8/h2,4,6,8,10H,3,5H2,1H3. The molecule has 1 fully saturated rings. The zero-order valence-electron chi connectivity index (χ0n) is 7.08. The zero-order chi connectivity index (χ0) is 8.39. The maximum atomic E-state index is 5.11. The van der Waals surface area contributed by atoms with Gasteiger partial charge in [-0.2, -0.15) is 0 Å². The van der Waals surface area contributed by atoms with E-state index >= 15 is 0 Å². The van der Waals surface area contributed by atoms with Crippen LogP contribution in [-0.4, -0.2) is 18.6 Å². The van der Waals surface area contributed by atoms with Crippen LogP contribution in [0.4, 0.5) is 0 Å². The van der Waals surface area contributed by atoms with Crippen molar-refractivity contribution in [1.29, 1.82) is 0 Å². The van der Waals surface area contributed by atoms with E-state index in [0.717, 1.165) is 18.0 Å². The Kier molecular flexibility index (Phi) is 1.96. The zero-order valence-corrected chi connectivity index (χ0v) is 7.08. The third-order valence-electron chi connectivity index (χ3n) is 2.17. The molecular formula is C9H12N2O. The quantitative estimate of drug-likeness (QED) is 0.711. The van der Waals surface area contributed by atoms with Crippen molar-refractivity contribution >= 4 is 0 Å². The SMILES string of the molecule is COc1ccnc(C2CCN2)c1. The summed E-state index contributed by atoms with van der Waals surface area (Å²) in [7, 11) is 1.67. The molecule has 2 rings (SSSR count). The normalized spacial score (nSPS) is 21.6. The lowest BCUT2D eigenvalue weighted by Crippen LogP contribution is -2.35. The number of aromatic nitrogens is 1. The minimum Gasteiger partial charge on any atom is -0.497 e. The summed E-state index contributed by atoms with van der Waals surface area (Å²) >= 11 is 0. The lowest BCUT2D eigenvalue weighted by molar-refractivity contribution is 0.369. The second kappa shape index (κ2) is 3.11. The highest BCUT2D eigenvalue weighted by molar-refractivity contribution is 5.25. The van der Waals surface area contributed by atoms with Crippen LogP contribution in [0.5, 0.6) is 5.75 Å². The molecule has 3 nitrogen and oxygen atoms in total. The number of hydrogen-bond acceptors (Lipinski definition) is 3. The molecule has 0 aromatic carbocycles. The fourth-order valence-electron chi connectivity index (χ4n) is 1.29. The van der Waals surface area contributed by atoms with Crippen LogP contribution in [0.1, 0.15) is 18.2 Å².